The Hall–Kier alpha value is -2.67. The molecule has 27 heavy (non-hydrogen) atoms. The van der Waals surface area contributed by atoms with E-state index in [0.717, 1.165) is 34.3 Å². The zero-order valence-electron chi connectivity index (χ0n) is 15.5. The molecule has 1 N–H and O–H groups in total. The number of unbranched alkanes of at least 4 members (excludes halogenated alkanes) is 1. The Morgan fingerprint density at radius 2 is 2.04 bits per heavy atom. The summed E-state index contributed by atoms with van der Waals surface area (Å²) in [5.41, 5.74) is 2.01. The highest BCUT2D eigenvalue weighted by Gasteiger charge is 2.18. The molecule has 0 saturated carbocycles. The van der Waals surface area contributed by atoms with Crippen LogP contribution in [0.4, 0.5) is 0 Å². The minimum absolute atomic E-state index is 0.258. The molecule has 3 aromatic rings. The maximum atomic E-state index is 12.3. The predicted molar refractivity (Wildman–Crippen MR) is 106 cm³/mol. The second kappa shape index (κ2) is 8.81. The van der Waals surface area contributed by atoms with E-state index in [1.807, 2.05) is 41.9 Å². The van der Waals surface area contributed by atoms with Crippen LogP contribution < -0.4 is 5.32 Å². The van der Waals surface area contributed by atoms with E-state index < -0.39 is 5.97 Å². The molecule has 1 aromatic carbocycles. The molecule has 0 unspecified atom stereocenters. The maximum absolute atomic E-state index is 12.3. The molecule has 0 radical (unpaired) electrons. The van der Waals surface area contributed by atoms with Crippen LogP contribution in [0.3, 0.4) is 0 Å². The smallest absolute Gasteiger partial charge is 0.348 e. The fourth-order valence-corrected chi connectivity index (χ4v) is 3.79. The first-order valence-electron chi connectivity index (χ1n) is 9.03. The van der Waals surface area contributed by atoms with Gasteiger partial charge in [0.1, 0.15) is 9.71 Å². The van der Waals surface area contributed by atoms with Crippen molar-refractivity contribution < 1.29 is 14.3 Å². The number of rotatable bonds is 8. The van der Waals surface area contributed by atoms with E-state index in [9.17, 15) is 9.59 Å². The molecule has 0 spiro atoms. The average molecular weight is 385 g/mol. The van der Waals surface area contributed by atoms with Crippen LogP contribution in [0.15, 0.2) is 36.4 Å². The van der Waals surface area contributed by atoms with Crippen molar-refractivity contribution >= 4 is 33.4 Å². The molecule has 0 aliphatic carbocycles. The number of hydrogen-bond donors (Lipinski definition) is 1. The number of ether oxygens (including phenoxy) is 1. The summed E-state index contributed by atoms with van der Waals surface area (Å²) >= 11 is 1.34. The second-order valence-corrected chi connectivity index (χ2v) is 7.37. The molecule has 142 valence electrons. The minimum atomic E-state index is -0.479. The Morgan fingerprint density at radius 3 is 2.78 bits per heavy atom. The van der Waals surface area contributed by atoms with Gasteiger partial charge in [0, 0.05) is 11.9 Å². The van der Waals surface area contributed by atoms with Crippen molar-refractivity contribution in [3.05, 3.63) is 52.5 Å². The molecule has 0 aliphatic rings. The standard InChI is InChI=1S/C20H23N3O3S/c1-3-4-10-21-18(24)13-26-20(25)17-11-16-14(2)22-23(19(16)27-17)12-15-8-6-5-7-9-15/h5-9,11H,3-4,10,12-13H2,1-2H3,(H,21,24). The fourth-order valence-electron chi connectivity index (χ4n) is 2.73. The zero-order chi connectivity index (χ0) is 19.2. The third-order valence-electron chi connectivity index (χ3n) is 4.17. The molecular formula is C20H23N3O3S. The van der Waals surface area contributed by atoms with Crippen LogP contribution in [0.2, 0.25) is 0 Å². The lowest BCUT2D eigenvalue weighted by Gasteiger charge is -2.05. The van der Waals surface area contributed by atoms with Crippen LogP contribution in [-0.2, 0) is 16.1 Å². The zero-order valence-corrected chi connectivity index (χ0v) is 16.3. The Balaban J connectivity index is 1.68. The highest BCUT2D eigenvalue weighted by molar-refractivity contribution is 7.20. The van der Waals surface area contributed by atoms with Gasteiger partial charge in [-0.3, -0.25) is 9.48 Å². The number of amides is 1. The Morgan fingerprint density at radius 1 is 1.26 bits per heavy atom. The molecule has 0 atom stereocenters. The fraction of sp³-hybridized carbons (Fsp3) is 0.350. The van der Waals surface area contributed by atoms with Crippen molar-refractivity contribution in [1.29, 1.82) is 0 Å². The monoisotopic (exact) mass is 385 g/mol. The lowest BCUT2D eigenvalue weighted by atomic mass is 10.2. The molecule has 0 aliphatic heterocycles. The largest absolute Gasteiger partial charge is 0.451 e. The van der Waals surface area contributed by atoms with Gasteiger partial charge in [0.05, 0.1) is 12.2 Å². The second-order valence-electron chi connectivity index (χ2n) is 6.34. The number of aryl methyl sites for hydroxylation is 1. The van der Waals surface area contributed by atoms with E-state index in [2.05, 4.69) is 17.3 Å². The quantitative estimate of drug-likeness (QED) is 0.476. The van der Waals surface area contributed by atoms with Gasteiger partial charge in [-0.2, -0.15) is 5.10 Å². The van der Waals surface area contributed by atoms with Gasteiger partial charge in [0.25, 0.3) is 5.91 Å². The van der Waals surface area contributed by atoms with Crippen LogP contribution >= 0.6 is 11.3 Å². The summed E-state index contributed by atoms with van der Waals surface area (Å²) in [6, 6.07) is 11.8. The predicted octanol–water partition coefficient (Wildman–Crippen LogP) is 3.53. The number of esters is 1. The van der Waals surface area contributed by atoms with E-state index >= 15 is 0 Å². The number of carbonyl (C=O) groups excluding carboxylic acids is 2. The lowest BCUT2D eigenvalue weighted by molar-refractivity contribution is -0.124. The first kappa shape index (κ1) is 19.1. The number of nitrogens with zero attached hydrogens (tertiary/aromatic N) is 2. The number of aromatic nitrogens is 2. The van der Waals surface area contributed by atoms with Crippen molar-refractivity contribution in [3.8, 4) is 0 Å². The molecular weight excluding hydrogens is 362 g/mol. The first-order valence-corrected chi connectivity index (χ1v) is 9.85. The molecule has 2 aromatic heterocycles. The molecule has 1 amide bonds. The maximum Gasteiger partial charge on any atom is 0.348 e. The average Bonchev–Trinajstić information content (AvgIpc) is 3.22. The molecule has 3 rings (SSSR count). The van der Waals surface area contributed by atoms with Gasteiger partial charge < -0.3 is 10.1 Å². The van der Waals surface area contributed by atoms with Gasteiger partial charge in [0.15, 0.2) is 6.61 Å². The van der Waals surface area contributed by atoms with Gasteiger partial charge in [-0.15, -0.1) is 11.3 Å². The van der Waals surface area contributed by atoms with E-state index in [-0.39, 0.29) is 12.5 Å². The molecule has 0 saturated heterocycles. The number of nitrogens with one attached hydrogen (secondary N) is 1. The van der Waals surface area contributed by atoms with Crippen molar-refractivity contribution in [2.45, 2.75) is 33.2 Å². The lowest BCUT2D eigenvalue weighted by Crippen LogP contribution is -2.29. The van der Waals surface area contributed by atoms with Gasteiger partial charge >= 0.3 is 5.97 Å². The van der Waals surface area contributed by atoms with Crippen LogP contribution in [0.25, 0.3) is 10.2 Å². The first-order chi connectivity index (χ1) is 13.1. The van der Waals surface area contributed by atoms with Gasteiger partial charge in [-0.05, 0) is 25.0 Å². The minimum Gasteiger partial charge on any atom is -0.451 e. The third-order valence-corrected chi connectivity index (χ3v) is 5.30. The van der Waals surface area contributed by atoms with Crippen molar-refractivity contribution in [2.75, 3.05) is 13.2 Å². The molecule has 0 fully saturated rings. The molecule has 2 heterocycles. The number of thiophene rings is 1. The summed E-state index contributed by atoms with van der Waals surface area (Å²) in [4.78, 5) is 25.4. The van der Waals surface area contributed by atoms with E-state index in [4.69, 9.17) is 4.74 Å². The summed E-state index contributed by atoms with van der Waals surface area (Å²) in [5.74, 6) is -0.753. The summed E-state index contributed by atoms with van der Waals surface area (Å²) in [5, 5.41) is 8.24. The van der Waals surface area contributed by atoms with Gasteiger partial charge in [-0.25, -0.2) is 4.79 Å². The Kier molecular flexibility index (Phi) is 6.24. The van der Waals surface area contributed by atoms with E-state index in [0.29, 0.717) is 18.0 Å². The van der Waals surface area contributed by atoms with Crippen LogP contribution in [-0.4, -0.2) is 34.8 Å². The molecule has 6 nitrogen and oxygen atoms in total. The summed E-state index contributed by atoms with van der Waals surface area (Å²) in [7, 11) is 0. The van der Waals surface area contributed by atoms with Crippen LogP contribution in [0.5, 0.6) is 0 Å². The van der Waals surface area contributed by atoms with Gasteiger partial charge in [0.2, 0.25) is 0 Å². The highest BCUT2D eigenvalue weighted by Crippen LogP contribution is 2.29. The Bertz CT molecular complexity index is 931. The van der Waals surface area contributed by atoms with E-state index in [1.165, 1.54) is 11.3 Å². The number of carbonyl (C=O) groups is 2. The van der Waals surface area contributed by atoms with E-state index in [1.54, 1.807) is 6.07 Å². The van der Waals surface area contributed by atoms with Crippen molar-refractivity contribution in [3.63, 3.8) is 0 Å². The topological polar surface area (TPSA) is 73.2 Å². The normalized spacial score (nSPS) is 10.9. The number of benzene rings is 1. The number of hydrogen-bond acceptors (Lipinski definition) is 5. The highest BCUT2D eigenvalue weighted by atomic mass is 32.1. The van der Waals surface area contributed by atoms with Gasteiger partial charge in [-0.1, -0.05) is 43.7 Å². The third kappa shape index (κ3) is 4.74. The van der Waals surface area contributed by atoms with Crippen molar-refractivity contribution in [2.24, 2.45) is 0 Å². The van der Waals surface area contributed by atoms with Crippen LogP contribution in [0, 0.1) is 6.92 Å². The number of fused-ring (bicyclic) bond motifs is 1. The molecule has 0 bridgehead atoms. The van der Waals surface area contributed by atoms with Crippen LogP contribution in [0.1, 0.15) is 40.7 Å². The van der Waals surface area contributed by atoms with Crippen molar-refractivity contribution in [1.82, 2.24) is 15.1 Å². The summed E-state index contributed by atoms with van der Waals surface area (Å²) < 4.78 is 7.05. The SMILES string of the molecule is CCCCNC(=O)COC(=O)c1cc2c(C)nn(Cc3ccccc3)c2s1. The molecule has 7 heteroatoms. The summed E-state index contributed by atoms with van der Waals surface area (Å²) in [6.07, 6.45) is 1.91. The Labute approximate surface area is 162 Å². The summed E-state index contributed by atoms with van der Waals surface area (Å²) in [6.45, 7) is 4.96.